The van der Waals surface area contributed by atoms with E-state index in [1.807, 2.05) is 0 Å². The number of aliphatic hydroxyl groups excluding tert-OH is 1. The zero-order chi connectivity index (χ0) is 44.0. The largest absolute Gasteiger partial charge is 0.480 e. The number of carbonyl (C=O) groups is 4. The quantitative estimate of drug-likeness (QED) is 0.0353. The predicted molar refractivity (Wildman–Crippen MR) is 250 cm³/mol. The van der Waals surface area contributed by atoms with Crippen LogP contribution in [-0.4, -0.2) is 59.3 Å². The fourth-order valence-electron chi connectivity index (χ4n) is 8.13. The zero-order valence-corrected chi connectivity index (χ0v) is 39.5. The smallest absolute Gasteiger partial charge is 0.328 e. The van der Waals surface area contributed by atoms with Gasteiger partial charge in [0.15, 0.2) is 0 Å². The van der Waals surface area contributed by atoms with Crippen molar-refractivity contribution in [2.24, 2.45) is 0 Å². The maximum Gasteiger partial charge on any atom is 0.328 e. The van der Waals surface area contributed by atoms with Gasteiger partial charge in [-0.1, -0.05) is 226 Å². The number of aliphatic carboxylic acids is 1. The van der Waals surface area contributed by atoms with E-state index in [4.69, 9.17) is 14.9 Å². The predicted octanol–water partition coefficient (Wildman–Crippen LogP) is 13.6. The lowest BCUT2D eigenvalue weighted by atomic mass is 10.0. The highest BCUT2D eigenvalue weighted by molar-refractivity contribution is 5.87. The van der Waals surface area contributed by atoms with Gasteiger partial charge in [-0.05, 0) is 38.5 Å². The van der Waals surface area contributed by atoms with Crippen molar-refractivity contribution < 1.29 is 34.1 Å². The van der Waals surface area contributed by atoms with E-state index >= 15 is 0 Å². The minimum absolute atomic E-state index is 0.00514. The van der Waals surface area contributed by atoms with Crippen molar-refractivity contribution in [1.29, 1.82) is 0 Å². The molecular formula is C51H98N2O7. The molecule has 0 rings (SSSR count). The number of unbranched alkanes of at least 4 members (excludes halogenated alkanes) is 34. The summed E-state index contributed by atoms with van der Waals surface area (Å²) in [5.74, 6) is -2.26. The van der Waals surface area contributed by atoms with E-state index in [1.165, 1.54) is 186 Å². The van der Waals surface area contributed by atoms with Crippen molar-refractivity contribution in [3.63, 3.8) is 0 Å². The second kappa shape index (κ2) is 46.3. The molecule has 2 atom stereocenters. The highest BCUT2D eigenvalue weighted by Gasteiger charge is 2.19. The highest BCUT2D eigenvalue weighted by Crippen LogP contribution is 2.20. The zero-order valence-electron chi connectivity index (χ0n) is 39.5. The molecule has 0 aliphatic carbocycles. The van der Waals surface area contributed by atoms with Crippen LogP contribution in [0.3, 0.4) is 0 Å². The molecule has 0 aliphatic heterocycles. The summed E-state index contributed by atoms with van der Waals surface area (Å²) in [5.41, 5.74) is 0. The van der Waals surface area contributed by atoms with Crippen LogP contribution in [0.2, 0.25) is 0 Å². The number of hydrogen-bond acceptors (Lipinski definition) is 6. The van der Waals surface area contributed by atoms with E-state index in [2.05, 4.69) is 24.5 Å². The molecule has 4 N–H and O–H groups in total. The van der Waals surface area contributed by atoms with Gasteiger partial charge >= 0.3 is 11.9 Å². The third-order valence-electron chi connectivity index (χ3n) is 12.1. The molecule has 0 saturated heterocycles. The molecule has 0 radical (unpaired) electrons. The Bertz CT molecular complexity index is 977. The Labute approximate surface area is 369 Å². The van der Waals surface area contributed by atoms with Crippen LogP contribution in [0.5, 0.6) is 0 Å². The molecule has 0 aromatic rings. The number of rotatable bonds is 48. The van der Waals surface area contributed by atoms with Crippen LogP contribution in [0.4, 0.5) is 0 Å². The average Bonchev–Trinajstić information content (AvgIpc) is 3.23. The molecule has 2 unspecified atom stereocenters. The maximum atomic E-state index is 12.9. The topological polar surface area (TPSA) is 142 Å². The Balaban J connectivity index is 4.14. The first kappa shape index (κ1) is 57.8. The third-order valence-corrected chi connectivity index (χ3v) is 12.1. The summed E-state index contributed by atoms with van der Waals surface area (Å²) in [6.45, 7) is 3.52. The second-order valence-corrected chi connectivity index (χ2v) is 18.0. The van der Waals surface area contributed by atoms with Gasteiger partial charge in [0.25, 0.3) is 0 Å². The Hall–Kier alpha value is -2.16. The van der Waals surface area contributed by atoms with Crippen molar-refractivity contribution in [3.05, 3.63) is 0 Å². The number of amides is 2. The number of aliphatic hydroxyl groups is 1. The van der Waals surface area contributed by atoms with Gasteiger partial charge in [0.05, 0.1) is 13.2 Å². The SMILES string of the molecule is CCCCCCCCCCCCCCCCCCCCCCCC(=O)OC(CCCCCCCCCCCCC)CCCCCCCC(=O)NCC(=O)NC(CO)C(=O)O. The molecule has 0 bridgehead atoms. The Morgan fingerprint density at radius 2 is 0.750 bits per heavy atom. The van der Waals surface area contributed by atoms with Gasteiger partial charge in [0.1, 0.15) is 12.1 Å². The molecule has 0 aromatic carbocycles. The van der Waals surface area contributed by atoms with E-state index in [-0.39, 0.29) is 24.5 Å². The maximum absolute atomic E-state index is 12.9. The Kier molecular flexibility index (Phi) is 44.7. The average molecular weight is 851 g/mol. The first-order valence-electron chi connectivity index (χ1n) is 25.9. The van der Waals surface area contributed by atoms with Crippen molar-refractivity contribution in [1.82, 2.24) is 10.6 Å². The molecule has 0 saturated carbocycles. The molecule has 60 heavy (non-hydrogen) atoms. The van der Waals surface area contributed by atoms with Gasteiger partial charge in [-0.3, -0.25) is 14.4 Å². The van der Waals surface area contributed by atoms with E-state index in [0.717, 1.165) is 57.8 Å². The van der Waals surface area contributed by atoms with Gasteiger partial charge in [0, 0.05) is 12.8 Å². The summed E-state index contributed by atoms with van der Waals surface area (Å²) < 4.78 is 6.06. The molecule has 0 spiro atoms. The number of esters is 1. The van der Waals surface area contributed by atoms with Gasteiger partial charge in [0.2, 0.25) is 11.8 Å². The number of carboxylic acid groups (broad SMARTS) is 1. The molecule has 0 aliphatic rings. The van der Waals surface area contributed by atoms with E-state index in [0.29, 0.717) is 19.3 Å². The normalized spacial score (nSPS) is 12.3. The van der Waals surface area contributed by atoms with E-state index in [9.17, 15) is 19.2 Å². The van der Waals surface area contributed by atoms with Gasteiger partial charge < -0.3 is 25.6 Å². The van der Waals surface area contributed by atoms with Crippen LogP contribution in [0, 0.1) is 0 Å². The molecule has 9 heteroatoms. The standard InChI is InChI=1S/C51H98N2O7/c1-3-5-7-9-11-13-15-16-17-18-19-20-21-22-23-24-26-28-30-35-39-43-50(57)60-46(40-36-32-29-27-25-14-12-10-8-6-4-2)41-37-33-31-34-38-42-48(55)52-44-49(56)53-47(45-54)51(58)59/h46-47,54H,3-45H2,1-2H3,(H,52,55)(H,53,56)(H,58,59). The first-order chi connectivity index (χ1) is 29.3. The summed E-state index contributed by atoms with van der Waals surface area (Å²) in [4.78, 5) is 47.7. The minimum atomic E-state index is -1.38. The van der Waals surface area contributed by atoms with Gasteiger partial charge in [-0.25, -0.2) is 4.79 Å². The number of hydrogen-bond donors (Lipinski definition) is 4. The molecule has 2 amide bonds. The Morgan fingerprint density at radius 1 is 0.433 bits per heavy atom. The lowest BCUT2D eigenvalue weighted by Crippen LogP contribution is -2.47. The van der Waals surface area contributed by atoms with Crippen LogP contribution >= 0.6 is 0 Å². The number of carboxylic acids is 1. The fourth-order valence-corrected chi connectivity index (χ4v) is 8.13. The monoisotopic (exact) mass is 851 g/mol. The number of carbonyl (C=O) groups excluding carboxylic acids is 3. The summed E-state index contributed by atoms with van der Waals surface area (Å²) in [5, 5.41) is 22.6. The van der Waals surface area contributed by atoms with Crippen molar-refractivity contribution in [2.45, 2.75) is 289 Å². The van der Waals surface area contributed by atoms with Crippen LogP contribution in [0.25, 0.3) is 0 Å². The summed E-state index contributed by atoms with van der Waals surface area (Å²) in [6, 6.07) is -1.38. The summed E-state index contributed by atoms with van der Waals surface area (Å²) in [6.07, 6.45) is 50.0. The fraction of sp³-hybridized carbons (Fsp3) is 0.922. The van der Waals surface area contributed by atoms with E-state index in [1.54, 1.807) is 0 Å². The van der Waals surface area contributed by atoms with Gasteiger partial charge in [-0.2, -0.15) is 0 Å². The van der Waals surface area contributed by atoms with E-state index < -0.39 is 24.5 Å². The lowest BCUT2D eigenvalue weighted by molar-refractivity contribution is -0.150. The number of ether oxygens (including phenoxy) is 1. The van der Waals surface area contributed by atoms with Crippen molar-refractivity contribution >= 4 is 23.8 Å². The molecule has 354 valence electrons. The molecule has 0 aromatic heterocycles. The molecule has 0 heterocycles. The number of nitrogens with one attached hydrogen (secondary N) is 2. The Morgan fingerprint density at radius 3 is 1.08 bits per heavy atom. The van der Waals surface area contributed by atoms with Crippen LogP contribution in [0.1, 0.15) is 277 Å². The van der Waals surface area contributed by atoms with Crippen molar-refractivity contribution in [2.75, 3.05) is 13.2 Å². The molecular weight excluding hydrogens is 753 g/mol. The summed E-state index contributed by atoms with van der Waals surface area (Å²) >= 11 is 0. The highest BCUT2D eigenvalue weighted by atomic mass is 16.5. The van der Waals surface area contributed by atoms with Crippen LogP contribution in [0.15, 0.2) is 0 Å². The second-order valence-electron chi connectivity index (χ2n) is 18.0. The minimum Gasteiger partial charge on any atom is -0.480 e. The molecule has 9 nitrogen and oxygen atoms in total. The van der Waals surface area contributed by atoms with Crippen LogP contribution < -0.4 is 10.6 Å². The first-order valence-corrected chi connectivity index (χ1v) is 25.9. The van der Waals surface area contributed by atoms with Crippen molar-refractivity contribution in [3.8, 4) is 0 Å². The third kappa shape index (κ3) is 42.5. The van der Waals surface area contributed by atoms with Gasteiger partial charge in [-0.15, -0.1) is 0 Å². The van der Waals surface area contributed by atoms with Crippen LogP contribution in [-0.2, 0) is 23.9 Å². The lowest BCUT2D eigenvalue weighted by Gasteiger charge is -2.18. The summed E-state index contributed by atoms with van der Waals surface area (Å²) in [7, 11) is 0. The molecule has 0 fully saturated rings.